The Labute approximate surface area is 373 Å². The molecular weight excluding hydrogens is 901 g/mol. The van der Waals surface area contributed by atoms with Gasteiger partial charge in [0, 0.05) is 59.6 Å². The van der Waals surface area contributed by atoms with Crippen LogP contribution in [0.15, 0.2) is 136 Å². The summed E-state index contributed by atoms with van der Waals surface area (Å²) in [6.07, 6.45) is -0.605. The molecule has 19 heteroatoms. The van der Waals surface area contributed by atoms with E-state index in [0.717, 1.165) is 44.3 Å². The summed E-state index contributed by atoms with van der Waals surface area (Å²) in [5.41, 5.74) is -3.07. The van der Waals surface area contributed by atoms with Crippen molar-refractivity contribution in [3.63, 3.8) is 0 Å². The number of hydrogen-bond donors (Lipinski definition) is 4. The van der Waals surface area contributed by atoms with E-state index in [0.29, 0.717) is 37.0 Å². The lowest BCUT2D eigenvalue weighted by molar-refractivity contribution is -0.0436. The molecule has 2 amide bonds. The van der Waals surface area contributed by atoms with E-state index < -0.39 is 65.0 Å². The Morgan fingerprint density at radius 1 is 0.889 bits per heavy atom. The average molecular weight is 946 g/mol. The molecule has 0 radical (unpaired) electrons. The lowest BCUT2D eigenvalue weighted by Crippen LogP contribution is -2.36. The van der Waals surface area contributed by atoms with Gasteiger partial charge in [0.25, 0.3) is 25.8 Å². The number of amides is 2. The lowest BCUT2D eigenvalue weighted by Gasteiger charge is -2.36. The van der Waals surface area contributed by atoms with Crippen LogP contribution in [0.4, 0.5) is 29.3 Å². The first kappa shape index (κ1) is 47.2. The highest BCUT2D eigenvalue weighted by atomic mass is 35.5. The van der Waals surface area contributed by atoms with Crippen molar-refractivity contribution in [2.45, 2.75) is 51.6 Å². The van der Waals surface area contributed by atoms with Crippen LogP contribution in [0.2, 0.25) is 5.02 Å². The fraction of sp³-hybridized carbons (Fsp3) is 0.273. The molecule has 0 bridgehead atoms. The predicted octanol–water partition coefficient (Wildman–Crippen LogP) is 8.94. The predicted molar refractivity (Wildman–Crippen MR) is 237 cm³/mol. The Bertz CT molecular complexity index is 2620. The number of halogens is 4. The molecule has 5 aromatic carbocycles. The molecule has 1 aliphatic heterocycles. The van der Waals surface area contributed by atoms with Crippen LogP contribution in [0.3, 0.4) is 0 Å². The highest BCUT2D eigenvalue weighted by molar-refractivity contribution is 7.99. The van der Waals surface area contributed by atoms with E-state index in [1.54, 1.807) is 54.6 Å². The van der Waals surface area contributed by atoms with Crippen molar-refractivity contribution >= 4 is 66.6 Å². The molecule has 63 heavy (non-hydrogen) atoms. The average Bonchev–Trinajstić information content (AvgIpc) is 3.27. The zero-order valence-electron chi connectivity index (χ0n) is 33.7. The number of carbonyl (C=O) groups excluding carboxylic acids is 1. The van der Waals surface area contributed by atoms with Gasteiger partial charge in [-0.3, -0.25) is 4.79 Å². The maximum atomic E-state index is 14.1. The first-order chi connectivity index (χ1) is 29.8. The Kier molecular flexibility index (Phi) is 15.0. The smallest absolute Gasteiger partial charge is 0.465 e. The number of rotatable bonds is 16. The summed E-state index contributed by atoms with van der Waals surface area (Å²) in [5, 5.41) is 24.2. The number of benzene rings is 5. The molecule has 1 fully saturated rings. The zero-order chi connectivity index (χ0) is 45.5. The summed E-state index contributed by atoms with van der Waals surface area (Å²) in [7, 11) is -9.78. The Morgan fingerprint density at radius 2 is 1.52 bits per heavy atom. The second-order valence-electron chi connectivity index (χ2n) is 14.9. The number of nitrogens with one attached hydrogen (secondary N) is 2. The molecule has 12 nitrogen and oxygen atoms in total. The third-order valence-corrected chi connectivity index (χ3v) is 15.0. The van der Waals surface area contributed by atoms with Crippen molar-refractivity contribution in [2.24, 2.45) is 5.92 Å². The number of nitrogens with zero attached hydrogens (tertiary/aromatic N) is 2. The number of piperidine rings is 1. The number of aliphatic hydroxyl groups is 1. The SMILES string of the molecule is CN(CCC(CSc1ccccc1)Nc1ccc(S(=O)(=O)NC(=O)c2ccc(N3CCC([C@@H](O)c4ccccc4-c4ccc(Cl)cc4)CC3)cc2)cc1S(=O)(=O)C(F)(F)F)C(=O)O. The standard InChI is InChI=1S/C44H44ClF3N4O8S3/c1-51(43(55)56)24-23-33(28-61-35-7-3-2-4-8-35)49-39-20-19-36(27-40(39)62(57,58)44(46,47)48)63(59,60)50-42(54)31-13-17-34(18-14-31)52-25-21-30(22-26-52)41(53)38-10-6-5-9-37(38)29-11-15-32(45)16-12-29/h2-20,27,30,33,41,49,53H,21-26,28H2,1H3,(H,50,54)(H,55,56)/t33?,41-/m1/s1. The molecule has 0 aromatic heterocycles. The molecule has 1 heterocycles. The Balaban J connectivity index is 1.14. The Hall–Kier alpha value is -5.27. The molecule has 0 aliphatic carbocycles. The minimum Gasteiger partial charge on any atom is -0.465 e. The second kappa shape index (κ2) is 20.1. The van der Waals surface area contributed by atoms with E-state index in [1.807, 2.05) is 41.1 Å². The van der Waals surface area contributed by atoms with E-state index >= 15 is 0 Å². The molecule has 1 saturated heterocycles. The number of sulfone groups is 1. The van der Waals surface area contributed by atoms with Crippen LogP contribution in [0.1, 0.15) is 41.3 Å². The van der Waals surface area contributed by atoms with Crippen molar-refractivity contribution in [3.8, 4) is 11.1 Å². The van der Waals surface area contributed by atoms with Crippen molar-refractivity contribution in [2.75, 3.05) is 42.7 Å². The van der Waals surface area contributed by atoms with Gasteiger partial charge in [-0.1, -0.05) is 66.2 Å². The van der Waals surface area contributed by atoms with Crippen molar-refractivity contribution in [1.29, 1.82) is 0 Å². The van der Waals surface area contributed by atoms with Crippen LogP contribution in [0.25, 0.3) is 11.1 Å². The summed E-state index contributed by atoms with van der Waals surface area (Å²) >= 11 is 7.37. The van der Waals surface area contributed by atoms with E-state index in [1.165, 1.54) is 30.9 Å². The third kappa shape index (κ3) is 11.7. The molecule has 0 saturated carbocycles. The second-order valence-corrected chi connectivity index (χ2v) is 20.0. The number of carbonyl (C=O) groups is 2. The molecule has 6 rings (SSSR count). The summed E-state index contributed by atoms with van der Waals surface area (Å²) < 4.78 is 96.7. The summed E-state index contributed by atoms with van der Waals surface area (Å²) in [6, 6.07) is 31.3. The number of alkyl halides is 3. The van der Waals surface area contributed by atoms with Gasteiger partial charge < -0.3 is 25.3 Å². The molecule has 0 spiro atoms. The van der Waals surface area contributed by atoms with E-state index in [2.05, 4.69) is 10.2 Å². The van der Waals surface area contributed by atoms with Crippen LogP contribution < -0.4 is 14.9 Å². The van der Waals surface area contributed by atoms with Crippen LogP contribution >= 0.6 is 23.4 Å². The fourth-order valence-corrected chi connectivity index (χ4v) is 10.3. The van der Waals surface area contributed by atoms with Crippen molar-refractivity contribution in [1.82, 2.24) is 9.62 Å². The van der Waals surface area contributed by atoms with E-state index in [4.69, 9.17) is 11.6 Å². The lowest BCUT2D eigenvalue weighted by atomic mass is 9.84. The van der Waals surface area contributed by atoms with Gasteiger partial charge in [-0.15, -0.1) is 11.8 Å². The molecule has 4 N–H and O–H groups in total. The van der Waals surface area contributed by atoms with Gasteiger partial charge in [-0.05, 0) is 109 Å². The van der Waals surface area contributed by atoms with Gasteiger partial charge in [0.05, 0.1) is 16.7 Å². The molecular formula is C44H44ClF3N4O8S3. The molecule has 2 atom stereocenters. The highest BCUT2D eigenvalue weighted by Crippen LogP contribution is 2.39. The van der Waals surface area contributed by atoms with Gasteiger partial charge in [0.1, 0.15) is 4.90 Å². The van der Waals surface area contributed by atoms with Crippen LogP contribution in [0.5, 0.6) is 0 Å². The van der Waals surface area contributed by atoms with Gasteiger partial charge in [0.2, 0.25) is 0 Å². The maximum absolute atomic E-state index is 14.1. The topological polar surface area (TPSA) is 173 Å². The summed E-state index contributed by atoms with van der Waals surface area (Å²) in [5.74, 6) is -0.974. The largest absolute Gasteiger partial charge is 0.501 e. The van der Waals surface area contributed by atoms with Crippen molar-refractivity contribution in [3.05, 3.63) is 137 Å². The first-order valence-corrected chi connectivity index (χ1v) is 24.0. The summed E-state index contributed by atoms with van der Waals surface area (Å²) in [6.45, 7) is 1.11. The normalized spacial score (nSPS) is 14.7. The number of carboxylic acid groups (broad SMARTS) is 1. The van der Waals surface area contributed by atoms with Gasteiger partial charge in [0.15, 0.2) is 0 Å². The zero-order valence-corrected chi connectivity index (χ0v) is 36.9. The summed E-state index contributed by atoms with van der Waals surface area (Å²) in [4.78, 5) is 26.2. The molecule has 5 aromatic rings. The number of anilines is 2. The third-order valence-electron chi connectivity index (χ3n) is 10.7. The molecule has 334 valence electrons. The van der Waals surface area contributed by atoms with Gasteiger partial charge in [-0.2, -0.15) is 13.2 Å². The van der Waals surface area contributed by atoms with Crippen molar-refractivity contribution < 1.29 is 49.8 Å². The molecule has 1 aliphatic rings. The monoisotopic (exact) mass is 944 g/mol. The fourth-order valence-electron chi connectivity index (χ4n) is 7.15. The van der Waals surface area contributed by atoms with E-state index in [9.17, 15) is 49.8 Å². The van der Waals surface area contributed by atoms with Gasteiger partial charge in [-0.25, -0.2) is 26.4 Å². The van der Waals surface area contributed by atoms with Crippen LogP contribution in [-0.2, 0) is 19.9 Å². The Morgan fingerprint density at radius 3 is 2.16 bits per heavy atom. The number of sulfonamides is 1. The number of aliphatic hydroxyl groups excluding tert-OH is 1. The van der Waals surface area contributed by atoms with E-state index in [-0.39, 0.29) is 30.2 Å². The highest BCUT2D eigenvalue weighted by Gasteiger charge is 2.48. The minimum absolute atomic E-state index is 0.0349. The molecule has 1 unspecified atom stereocenters. The van der Waals surface area contributed by atoms with Crippen LogP contribution in [-0.4, -0.2) is 87.9 Å². The van der Waals surface area contributed by atoms with Crippen LogP contribution in [0, 0.1) is 5.92 Å². The first-order valence-electron chi connectivity index (χ1n) is 19.6. The number of hydrogen-bond acceptors (Lipinski definition) is 10. The maximum Gasteiger partial charge on any atom is 0.501 e. The van der Waals surface area contributed by atoms with Gasteiger partial charge >= 0.3 is 11.6 Å². The quantitative estimate of drug-likeness (QED) is 0.0696. The minimum atomic E-state index is -6.15. The number of thioether (sulfide) groups is 1.